The predicted molar refractivity (Wildman–Crippen MR) is 72.3 cm³/mol. The summed E-state index contributed by atoms with van der Waals surface area (Å²) in [6.45, 7) is 3.65. The zero-order valence-corrected chi connectivity index (χ0v) is 11.7. The Kier molecular flexibility index (Phi) is 4.75. The van der Waals surface area contributed by atoms with Crippen LogP contribution in [0.25, 0.3) is 0 Å². The second kappa shape index (κ2) is 6.35. The van der Waals surface area contributed by atoms with Crippen LogP contribution in [0.5, 0.6) is 0 Å². The maximum absolute atomic E-state index is 11.8. The lowest BCUT2D eigenvalue weighted by atomic mass is 10.2. The Hall–Kier alpha value is -1.43. The van der Waals surface area contributed by atoms with Gasteiger partial charge in [0.2, 0.25) is 0 Å². The zero-order chi connectivity index (χ0) is 14.6. The third-order valence-electron chi connectivity index (χ3n) is 3.43. The first-order chi connectivity index (χ1) is 9.58. The number of aliphatic hydroxyl groups is 1. The Morgan fingerprint density at radius 3 is 2.55 bits per heavy atom. The van der Waals surface area contributed by atoms with Crippen LogP contribution >= 0.6 is 0 Å². The molecule has 1 saturated heterocycles. The van der Waals surface area contributed by atoms with Gasteiger partial charge >= 0.3 is 5.97 Å². The van der Waals surface area contributed by atoms with E-state index in [2.05, 4.69) is 0 Å². The van der Waals surface area contributed by atoms with E-state index in [-0.39, 0.29) is 13.2 Å². The lowest BCUT2D eigenvalue weighted by Gasteiger charge is -2.20. The van der Waals surface area contributed by atoms with Crippen LogP contribution in [0.1, 0.15) is 30.6 Å². The van der Waals surface area contributed by atoms with Gasteiger partial charge in [-0.15, -0.1) is 0 Å². The maximum atomic E-state index is 11.8. The van der Waals surface area contributed by atoms with E-state index in [1.807, 2.05) is 19.9 Å². The fraction of sp³-hybridized carbons (Fsp3) is 0.533. The Morgan fingerprint density at radius 1 is 1.30 bits per heavy atom. The van der Waals surface area contributed by atoms with Gasteiger partial charge in [0.25, 0.3) is 0 Å². The summed E-state index contributed by atoms with van der Waals surface area (Å²) in [4.78, 5) is 11.8. The lowest BCUT2D eigenvalue weighted by Crippen LogP contribution is -2.31. The molecule has 0 aromatic heterocycles. The second-order valence-electron chi connectivity index (χ2n) is 4.95. The summed E-state index contributed by atoms with van der Waals surface area (Å²) < 4.78 is 16.6. The van der Waals surface area contributed by atoms with E-state index in [4.69, 9.17) is 14.2 Å². The van der Waals surface area contributed by atoms with Crippen molar-refractivity contribution >= 4 is 5.97 Å². The molecule has 0 aliphatic carbocycles. The molecule has 0 saturated carbocycles. The van der Waals surface area contributed by atoms with Crippen molar-refractivity contribution in [2.24, 2.45) is 0 Å². The van der Waals surface area contributed by atoms with Gasteiger partial charge in [0.1, 0.15) is 18.8 Å². The molecule has 5 nitrogen and oxygen atoms in total. The Labute approximate surface area is 118 Å². The van der Waals surface area contributed by atoms with Crippen molar-refractivity contribution in [1.29, 1.82) is 0 Å². The molecule has 1 aromatic rings. The van der Waals surface area contributed by atoms with Gasteiger partial charge in [0.05, 0.1) is 12.2 Å². The van der Waals surface area contributed by atoms with Gasteiger partial charge in [-0.1, -0.05) is 25.1 Å². The first-order valence-electron chi connectivity index (χ1n) is 6.76. The molecule has 5 heteroatoms. The van der Waals surface area contributed by atoms with Crippen molar-refractivity contribution in [3.8, 4) is 0 Å². The van der Waals surface area contributed by atoms with Gasteiger partial charge in [-0.3, -0.25) is 0 Å². The summed E-state index contributed by atoms with van der Waals surface area (Å²) >= 11 is 0. The summed E-state index contributed by atoms with van der Waals surface area (Å²) in [7, 11) is 0. The summed E-state index contributed by atoms with van der Waals surface area (Å²) in [5.41, 5.74) is 0.491. The standard InChI is InChI=1S/C15H20O5/c1-3-15(2)19-12(9-16)13(20-15)10-18-14(17)11-7-5-4-6-8-11/h4-8,12-13,16H,3,9-10H2,1-2H3/t12-,13-,15?/m0/s1. The van der Waals surface area contributed by atoms with Crippen molar-refractivity contribution in [3.05, 3.63) is 35.9 Å². The predicted octanol–water partition coefficient (Wildman–Crippen LogP) is 1.75. The number of ether oxygens (including phenoxy) is 3. The average molecular weight is 280 g/mol. The van der Waals surface area contributed by atoms with Gasteiger partial charge in [0.15, 0.2) is 5.79 Å². The third-order valence-corrected chi connectivity index (χ3v) is 3.43. The van der Waals surface area contributed by atoms with Crippen molar-refractivity contribution < 1.29 is 24.1 Å². The van der Waals surface area contributed by atoms with Crippen LogP contribution in [0.3, 0.4) is 0 Å². The molecule has 20 heavy (non-hydrogen) atoms. The first kappa shape index (κ1) is 15.0. The first-order valence-corrected chi connectivity index (χ1v) is 6.76. The van der Waals surface area contributed by atoms with Crippen LogP contribution in [-0.2, 0) is 14.2 Å². The van der Waals surface area contributed by atoms with Gasteiger partial charge in [-0.05, 0) is 25.5 Å². The average Bonchev–Trinajstić information content (AvgIpc) is 2.83. The molecule has 1 unspecified atom stereocenters. The summed E-state index contributed by atoms with van der Waals surface area (Å²) in [5, 5.41) is 9.30. The number of benzene rings is 1. The van der Waals surface area contributed by atoms with Gasteiger partial charge in [-0.25, -0.2) is 4.79 Å². The highest BCUT2D eigenvalue weighted by Crippen LogP contribution is 2.31. The van der Waals surface area contributed by atoms with E-state index in [1.54, 1.807) is 24.3 Å². The Morgan fingerprint density at radius 2 is 1.95 bits per heavy atom. The fourth-order valence-corrected chi connectivity index (χ4v) is 2.10. The van der Waals surface area contributed by atoms with Crippen LogP contribution in [0, 0.1) is 0 Å². The normalized spacial score (nSPS) is 29.4. The van der Waals surface area contributed by atoms with Crippen molar-refractivity contribution in [1.82, 2.24) is 0 Å². The zero-order valence-electron chi connectivity index (χ0n) is 11.7. The number of rotatable bonds is 5. The summed E-state index contributed by atoms with van der Waals surface area (Å²) in [6.07, 6.45) is -0.256. The minimum absolute atomic E-state index is 0.0640. The van der Waals surface area contributed by atoms with E-state index in [0.29, 0.717) is 12.0 Å². The molecule has 2 rings (SSSR count). The molecule has 1 heterocycles. The van der Waals surface area contributed by atoms with Crippen molar-refractivity contribution in [2.45, 2.75) is 38.3 Å². The molecule has 1 aliphatic heterocycles. The highest BCUT2D eigenvalue weighted by atomic mass is 16.8. The molecule has 0 spiro atoms. The molecular weight excluding hydrogens is 260 g/mol. The summed E-state index contributed by atoms with van der Waals surface area (Å²) in [5.74, 6) is -1.13. The molecule has 0 amide bonds. The number of aliphatic hydroxyl groups excluding tert-OH is 1. The summed E-state index contributed by atoms with van der Waals surface area (Å²) in [6, 6.07) is 8.76. The highest BCUT2D eigenvalue weighted by molar-refractivity contribution is 5.89. The van der Waals surface area contributed by atoms with Crippen molar-refractivity contribution in [2.75, 3.05) is 13.2 Å². The topological polar surface area (TPSA) is 65.0 Å². The minimum atomic E-state index is -0.725. The molecule has 1 aliphatic rings. The van der Waals surface area contributed by atoms with Crippen LogP contribution in [-0.4, -0.2) is 42.3 Å². The SMILES string of the molecule is CCC1(C)O[C@@H](CO)[C@H](COC(=O)c2ccccc2)O1. The Balaban J connectivity index is 1.92. The maximum Gasteiger partial charge on any atom is 0.338 e. The molecule has 0 radical (unpaired) electrons. The van der Waals surface area contributed by atoms with E-state index >= 15 is 0 Å². The number of carbonyl (C=O) groups is 1. The number of carbonyl (C=O) groups excluding carboxylic acids is 1. The van der Waals surface area contributed by atoms with E-state index in [1.165, 1.54) is 0 Å². The number of hydrogen-bond acceptors (Lipinski definition) is 5. The molecule has 0 bridgehead atoms. The lowest BCUT2D eigenvalue weighted by molar-refractivity contribution is -0.167. The van der Waals surface area contributed by atoms with E-state index < -0.39 is 24.0 Å². The third kappa shape index (κ3) is 3.36. The highest BCUT2D eigenvalue weighted by Gasteiger charge is 2.43. The second-order valence-corrected chi connectivity index (χ2v) is 4.95. The van der Waals surface area contributed by atoms with Gasteiger partial charge < -0.3 is 19.3 Å². The monoisotopic (exact) mass is 280 g/mol. The van der Waals surface area contributed by atoms with Gasteiger partial charge in [-0.2, -0.15) is 0 Å². The van der Waals surface area contributed by atoms with Crippen molar-refractivity contribution in [3.63, 3.8) is 0 Å². The minimum Gasteiger partial charge on any atom is -0.459 e. The number of hydrogen-bond donors (Lipinski definition) is 1. The Bertz CT molecular complexity index is 447. The molecule has 1 fully saturated rings. The molecule has 3 atom stereocenters. The fourth-order valence-electron chi connectivity index (χ4n) is 2.10. The number of esters is 1. The van der Waals surface area contributed by atoms with E-state index in [0.717, 1.165) is 0 Å². The van der Waals surface area contributed by atoms with E-state index in [9.17, 15) is 9.90 Å². The smallest absolute Gasteiger partial charge is 0.338 e. The molecule has 1 aromatic carbocycles. The van der Waals surface area contributed by atoms with Crippen LogP contribution in [0.2, 0.25) is 0 Å². The van der Waals surface area contributed by atoms with Crippen LogP contribution in [0.4, 0.5) is 0 Å². The molecular formula is C15H20O5. The van der Waals surface area contributed by atoms with Crippen LogP contribution < -0.4 is 0 Å². The largest absolute Gasteiger partial charge is 0.459 e. The molecule has 1 N–H and O–H groups in total. The quantitative estimate of drug-likeness (QED) is 0.832. The van der Waals surface area contributed by atoms with Gasteiger partial charge in [0, 0.05) is 0 Å². The van der Waals surface area contributed by atoms with Crippen LogP contribution in [0.15, 0.2) is 30.3 Å². The molecule has 110 valence electrons.